The molecule has 1 unspecified atom stereocenters. The number of carbonyl (C=O) groups is 1. The molecule has 1 saturated heterocycles. The van der Waals surface area contributed by atoms with Gasteiger partial charge >= 0.3 is 0 Å². The first-order chi connectivity index (χ1) is 13.8. The van der Waals surface area contributed by atoms with Gasteiger partial charge in [-0.05, 0) is 48.7 Å². The minimum Gasteiger partial charge on any atom is -0.326 e. The topological polar surface area (TPSA) is 84.7 Å². The molecule has 0 bridgehead atoms. The van der Waals surface area contributed by atoms with Gasteiger partial charge in [-0.2, -0.15) is 4.80 Å². The summed E-state index contributed by atoms with van der Waals surface area (Å²) >= 11 is 0. The van der Waals surface area contributed by atoms with Gasteiger partial charge in [-0.25, -0.2) is 0 Å². The summed E-state index contributed by atoms with van der Waals surface area (Å²) in [5.41, 5.74) is 2.95. The maximum Gasteiger partial charge on any atom is 0.225 e. The van der Waals surface area contributed by atoms with Gasteiger partial charge in [0.2, 0.25) is 11.7 Å². The zero-order valence-electron chi connectivity index (χ0n) is 15.7. The Balaban J connectivity index is 1.27. The number of benzene rings is 2. The molecule has 28 heavy (non-hydrogen) atoms. The van der Waals surface area contributed by atoms with Gasteiger partial charge in [0.15, 0.2) is 0 Å². The number of nitrogens with one attached hydrogen (secondary N) is 2. The number of hydrogen-bond donors (Lipinski definition) is 2. The monoisotopic (exact) mass is 376 g/mol. The van der Waals surface area contributed by atoms with Gasteiger partial charge in [0, 0.05) is 23.7 Å². The first-order valence-corrected chi connectivity index (χ1v) is 9.72. The molecule has 0 saturated carbocycles. The molecule has 2 aromatic carbocycles. The van der Waals surface area contributed by atoms with E-state index < -0.39 is 0 Å². The molecular formula is C21H24N6O. The van der Waals surface area contributed by atoms with E-state index in [0.29, 0.717) is 24.8 Å². The van der Waals surface area contributed by atoms with Crippen LogP contribution in [0.4, 0.5) is 5.69 Å². The van der Waals surface area contributed by atoms with Crippen LogP contribution in [0.5, 0.6) is 0 Å². The van der Waals surface area contributed by atoms with Crippen molar-refractivity contribution in [2.45, 2.75) is 38.3 Å². The van der Waals surface area contributed by atoms with Crippen LogP contribution < -0.4 is 10.6 Å². The first-order valence-electron chi connectivity index (χ1n) is 9.72. The first kappa shape index (κ1) is 18.3. The van der Waals surface area contributed by atoms with Crippen molar-refractivity contribution >= 4 is 11.6 Å². The standard InChI is InChI=1S/C21H24N6O/c28-20(15-19-7-4-13-22-19)23-18-10-8-16(9-11-18)12-14-27-25-21(24-26-27)17-5-2-1-3-6-17/h1-3,5-6,8-11,19,22H,4,7,12-15H2,(H,23,28). The molecule has 0 radical (unpaired) electrons. The van der Waals surface area contributed by atoms with Crippen LogP contribution in [0.3, 0.4) is 0 Å². The molecule has 1 atom stereocenters. The molecule has 7 nitrogen and oxygen atoms in total. The number of tetrazole rings is 1. The van der Waals surface area contributed by atoms with Crippen molar-refractivity contribution in [3.63, 3.8) is 0 Å². The van der Waals surface area contributed by atoms with Gasteiger partial charge in [0.05, 0.1) is 6.54 Å². The third-order valence-corrected chi connectivity index (χ3v) is 4.92. The summed E-state index contributed by atoms with van der Waals surface area (Å²) in [6.07, 6.45) is 3.56. The number of rotatable bonds is 7. The minimum atomic E-state index is 0.0624. The maximum atomic E-state index is 12.1. The number of nitrogens with zero attached hydrogens (tertiary/aromatic N) is 4. The lowest BCUT2D eigenvalue weighted by atomic mass is 10.1. The lowest BCUT2D eigenvalue weighted by molar-refractivity contribution is -0.116. The van der Waals surface area contributed by atoms with Gasteiger partial charge in [0.1, 0.15) is 0 Å². The second-order valence-corrected chi connectivity index (χ2v) is 7.07. The highest BCUT2D eigenvalue weighted by molar-refractivity contribution is 5.91. The Morgan fingerprint density at radius 2 is 1.96 bits per heavy atom. The Labute approximate surface area is 164 Å². The predicted molar refractivity (Wildman–Crippen MR) is 108 cm³/mol. The smallest absolute Gasteiger partial charge is 0.225 e. The zero-order chi connectivity index (χ0) is 19.2. The average Bonchev–Trinajstić information content (AvgIpc) is 3.40. The SMILES string of the molecule is O=C(CC1CCCN1)Nc1ccc(CCn2nnc(-c3ccccc3)n2)cc1. The Bertz CT molecular complexity index is 900. The molecule has 1 amide bonds. The molecule has 1 fully saturated rings. The molecule has 0 spiro atoms. The summed E-state index contributed by atoms with van der Waals surface area (Å²) in [5, 5.41) is 19.0. The van der Waals surface area contributed by atoms with E-state index in [0.717, 1.165) is 42.6 Å². The largest absolute Gasteiger partial charge is 0.326 e. The van der Waals surface area contributed by atoms with E-state index in [2.05, 4.69) is 26.0 Å². The van der Waals surface area contributed by atoms with E-state index in [1.54, 1.807) is 4.80 Å². The fraction of sp³-hybridized carbons (Fsp3) is 0.333. The summed E-state index contributed by atoms with van der Waals surface area (Å²) in [4.78, 5) is 13.7. The fourth-order valence-electron chi connectivity index (χ4n) is 3.39. The average molecular weight is 376 g/mol. The Hall–Kier alpha value is -3.06. The van der Waals surface area contributed by atoms with Gasteiger partial charge < -0.3 is 10.6 Å². The normalized spacial score (nSPS) is 16.2. The molecule has 144 valence electrons. The maximum absolute atomic E-state index is 12.1. The molecule has 1 aliphatic heterocycles. The van der Waals surface area contributed by atoms with Crippen molar-refractivity contribution < 1.29 is 4.79 Å². The second-order valence-electron chi connectivity index (χ2n) is 7.07. The van der Waals surface area contributed by atoms with Gasteiger partial charge in [-0.3, -0.25) is 4.79 Å². The van der Waals surface area contributed by atoms with Crippen LogP contribution in [-0.4, -0.2) is 38.7 Å². The van der Waals surface area contributed by atoms with Crippen molar-refractivity contribution in [2.24, 2.45) is 0 Å². The van der Waals surface area contributed by atoms with Crippen molar-refractivity contribution in [1.29, 1.82) is 0 Å². The predicted octanol–water partition coefficient (Wildman–Crippen LogP) is 2.66. The van der Waals surface area contributed by atoms with Crippen LogP contribution in [0.15, 0.2) is 54.6 Å². The van der Waals surface area contributed by atoms with E-state index in [4.69, 9.17) is 0 Å². The van der Waals surface area contributed by atoms with Crippen LogP contribution in [0, 0.1) is 0 Å². The van der Waals surface area contributed by atoms with Crippen LogP contribution in [0.2, 0.25) is 0 Å². The lowest BCUT2D eigenvalue weighted by Gasteiger charge is -2.10. The van der Waals surface area contributed by atoms with Crippen molar-refractivity contribution in [3.8, 4) is 11.4 Å². The second kappa shape index (κ2) is 8.75. The summed E-state index contributed by atoms with van der Waals surface area (Å²) in [5.74, 6) is 0.697. The number of aromatic nitrogens is 4. The van der Waals surface area contributed by atoms with E-state index in [-0.39, 0.29) is 5.91 Å². The van der Waals surface area contributed by atoms with Gasteiger partial charge in [0.25, 0.3) is 0 Å². The molecule has 4 rings (SSSR count). The van der Waals surface area contributed by atoms with E-state index >= 15 is 0 Å². The van der Waals surface area contributed by atoms with Gasteiger partial charge in [-0.1, -0.05) is 42.5 Å². The highest BCUT2D eigenvalue weighted by Crippen LogP contribution is 2.14. The molecule has 0 aliphatic carbocycles. The molecule has 2 heterocycles. The zero-order valence-corrected chi connectivity index (χ0v) is 15.7. The lowest BCUT2D eigenvalue weighted by Crippen LogP contribution is -2.27. The number of aryl methyl sites for hydroxylation is 2. The summed E-state index contributed by atoms with van der Waals surface area (Å²) in [7, 11) is 0. The number of amides is 1. The number of anilines is 1. The van der Waals surface area contributed by atoms with Crippen molar-refractivity contribution in [1.82, 2.24) is 25.5 Å². The van der Waals surface area contributed by atoms with E-state index in [9.17, 15) is 4.79 Å². The number of carbonyl (C=O) groups excluding carboxylic acids is 1. The highest BCUT2D eigenvalue weighted by Gasteiger charge is 2.17. The highest BCUT2D eigenvalue weighted by atomic mass is 16.1. The Morgan fingerprint density at radius 1 is 1.14 bits per heavy atom. The Morgan fingerprint density at radius 3 is 2.71 bits per heavy atom. The third kappa shape index (κ3) is 4.80. The van der Waals surface area contributed by atoms with Crippen molar-refractivity contribution in [2.75, 3.05) is 11.9 Å². The van der Waals surface area contributed by atoms with E-state index in [1.165, 1.54) is 0 Å². The van der Waals surface area contributed by atoms with Gasteiger partial charge in [-0.15, -0.1) is 10.2 Å². The fourth-order valence-corrected chi connectivity index (χ4v) is 3.39. The molecule has 3 aromatic rings. The van der Waals surface area contributed by atoms with Crippen LogP contribution in [0.1, 0.15) is 24.8 Å². The molecule has 1 aliphatic rings. The summed E-state index contributed by atoms with van der Waals surface area (Å²) < 4.78 is 0. The number of hydrogen-bond acceptors (Lipinski definition) is 5. The summed E-state index contributed by atoms with van der Waals surface area (Å²) in [6, 6.07) is 18.1. The molecule has 7 heteroatoms. The Kier molecular flexibility index (Phi) is 5.72. The minimum absolute atomic E-state index is 0.0624. The van der Waals surface area contributed by atoms with Crippen LogP contribution >= 0.6 is 0 Å². The van der Waals surface area contributed by atoms with Crippen molar-refractivity contribution in [3.05, 3.63) is 60.2 Å². The third-order valence-electron chi connectivity index (χ3n) is 4.92. The van der Waals surface area contributed by atoms with E-state index in [1.807, 2.05) is 54.6 Å². The summed E-state index contributed by atoms with van der Waals surface area (Å²) in [6.45, 7) is 1.67. The molecule has 2 N–H and O–H groups in total. The van der Waals surface area contributed by atoms with Crippen LogP contribution in [-0.2, 0) is 17.8 Å². The molecular weight excluding hydrogens is 352 g/mol. The quantitative estimate of drug-likeness (QED) is 0.662. The molecule has 1 aromatic heterocycles. The van der Waals surface area contributed by atoms with Crippen LogP contribution in [0.25, 0.3) is 11.4 Å².